The van der Waals surface area contributed by atoms with Gasteiger partial charge in [-0.25, -0.2) is 9.78 Å². The summed E-state index contributed by atoms with van der Waals surface area (Å²) in [4.78, 5) is 42.2. The van der Waals surface area contributed by atoms with Gasteiger partial charge in [-0.15, -0.1) is 0 Å². The molecule has 6 nitrogen and oxygen atoms in total. The average Bonchev–Trinajstić information content (AvgIpc) is 2.63. The molecule has 0 saturated carbocycles. The van der Waals surface area contributed by atoms with E-state index >= 15 is 0 Å². The zero-order valence-corrected chi connectivity index (χ0v) is 15.1. The summed E-state index contributed by atoms with van der Waals surface area (Å²) in [6.07, 6.45) is 4.27. The fraction of sp³-hybridized carbons (Fsp3) is 0.400. The molecule has 0 unspecified atom stereocenters. The van der Waals surface area contributed by atoms with E-state index in [0.717, 1.165) is 16.7 Å². The van der Waals surface area contributed by atoms with Crippen molar-refractivity contribution in [1.82, 2.24) is 14.5 Å². The Bertz CT molecular complexity index is 880. The van der Waals surface area contributed by atoms with E-state index in [1.54, 1.807) is 17.2 Å². The largest absolute Gasteiger partial charge is 0.347 e. The van der Waals surface area contributed by atoms with Gasteiger partial charge in [0.25, 0.3) is 0 Å². The van der Waals surface area contributed by atoms with Gasteiger partial charge in [0.05, 0.1) is 0 Å². The highest BCUT2D eigenvalue weighted by Gasteiger charge is 2.28. The van der Waals surface area contributed by atoms with Crippen LogP contribution in [-0.4, -0.2) is 39.2 Å². The minimum atomic E-state index is -0.430. The van der Waals surface area contributed by atoms with Crippen molar-refractivity contribution in [2.45, 2.75) is 33.2 Å². The number of Topliss-reactive ketones (excluding diaryl/α,β-unsaturated/α-hetero) is 1. The zero-order chi connectivity index (χ0) is 18.7. The van der Waals surface area contributed by atoms with Crippen LogP contribution in [0.5, 0.6) is 0 Å². The van der Waals surface area contributed by atoms with Gasteiger partial charge in [0, 0.05) is 37.0 Å². The molecule has 0 spiro atoms. The van der Waals surface area contributed by atoms with E-state index in [4.69, 9.17) is 0 Å². The normalized spacial score (nSPS) is 15.1. The smallest absolute Gasteiger partial charge is 0.341 e. The number of aromatic nitrogens is 2. The van der Waals surface area contributed by atoms with Crippen molar-refractivity contribution < 1.29 is 9.59 Å². The lowest BCUT2D eigenvalue weighted by Gasteiger charge is -2.31. The lowest BCUT2D eigenvalue weighted by molar-refractivity contribution is -0.133. The van der Waals surface area contributed by atoms with Gasteiger partial charge < -0.3 is 4.90 Å². The van der Waals surface area contributed by atoms with Crippen LogP contribution in [0.3, 0.4) is 0 Å². The van der Waals surface area contributed by atoms with Crippen LogP contribution in [0, 0.1) is 19.8 Å². The quantitative estimate of drug-likeness (QED) is 0.788. The predicted molar refractivity (Wildman–Crippen MR) is 98.0 cm³/mol. The molecule has 1 aliphatic heterocycles. The molecule has 0 bridgehead atoms. The van der Waals surface area contributed by atoms with Crippen LogP contribution < -0.4 is 5.69 Å². The predicted octanol–water partition coefficient (Wildman–Crippen LogP) is 1.98. The molecule has 2 heterocycles. The number of amides is 1. The third-order valence-corrected chi connectivity index (χ3v) is 4.95. The van der Waals surface area contributed by atoms with E-state index < -0.39 is 5.69 Å². The van der Waals surface area contributed by atoms with E-state index in [-0.39, 0.29) is 24.2 Å². The molecule has 1 aliphatic rings. The Morgan fingerprint density at radius 1 is 1.19 bits per heavy atom. The second-order valence-electron chi connectivity index (χ2n) is 6.87. The Labute approximate surface area is 152 Å². The highest BCUT2D eigenvalue weighted by Crippen LogP contribution is 2.24. The van der Waals surface area contributed by atoms with E-state index in [1.165, 1.54) is 10.8 Å². The van der Waals surface area contributed by atoms with E-state index in [1.807, 2.05) is 32.0 Å². The van der Waals surface area contributed by atoms with Crippen molar-refractivity contribution in [2.75, 3.05) is 13.1 Å². The molecule has 26 heavy (non-hydrogen) atoms. The summed E-state index contributed by atoms with van der Waals surface area (Å²) in [5.74, 6) is -0.00263. The average molecular weight is 353 g/mol. The number of benzene rings is 1. The summed E-state index contributed by atoms with van der Waals surface area (Å²) in [6.45, 7) is 5.04. The summed E-state index contributed by atoms with van der Waals surface area (Å²) < 4.78 is 1.30. The van der Waals surface area contributed by atoms with Crippen molar-refractivity contribution in [3.8, 4) is 0 Å². The number of ketones is 1. The second kappa shape index (κ2) is 7.64. The third-order valence-electron chi connectivity index (χ3n) is 4.95. The zero-order valence-electron chi connectivity index (χ0n) is 15.1. The molecule has 0 atom stereocenters. The van der Waals surface area contributed by atoms with Crippen LogP contribution in [0.1, 0.15) is 34.3 Å². The number of hydrogen-bond donors (Lipinski definition) is 0. The van der Waals surface area contributed by atoms with Gasteiger partial charge in [0.2, 0.25) is 5.91 Å². The third kappa shape index (κ3) is 3.90. The second-order valence-corrected chi connectivity index (χ2v) is 6.87. The summed E-state index contributed by atoms with van der Waals surface area (Å²) in [6, 6.07) is 7.52. The molecule has 0 aliphatic carbocycles. The van der Waals surface area contributed by atoms with Crippen LogP contribution in [0.25, 0.3) is 0 Å². The Morgan fingerprint density at radius 2 is 1.92 bits per heavy atom. The van der Waals surface area contributed by atoms with Crippen molar-refractivity contribution in [3.05, 3.63) is 63.8 Å². The van der Waals surface area contributed by atoms with Crippen molar-refractivity contribution in [2.24, 2.45) is 5.92 Å². The summed E-state index contributed by atoms with van der Waals surface area (Å²) in [5, 5.41) is 0. The van der Waals surface area contributed by atoms with Crippen molar-refractivity contribution >= 4 is 11.7 Å². The molecule has 1 saturated heterocycles. The number of nitrogens with zero attached hydrogens (tertiary/aromatic N) is 3. The fourth-order valence-electron chi connectivity index (χ4n) is 3.45. The molecule has 1 fully saturated rings. The summed E-state index contributed by atoms with van der Waals surface area (Å²) in [7, 11) is 0. The van der Waals surface area contributed by atoms with Gasteiger partial charge in [-0.2, -0.15) is 0 Å². The molecule has 3 rings (SSSR count). The fourth-order valence-corrected chi connectivity index (χ4v) is 3.45. The Morgan fingerprint density at radius 3 is 2.58 bits per heavy atom. The van der Waals surface area contributed by atoms with Gasteiger partial charge in [0.15, 0.2) is 5.78 Å². The highest BCUT2D eigenvalue weighted by atomic mass is 16.2. The van der Waals surface area contributed by atoms with Crippen LogP contribution in [0.4, 0.5) is 0 Å². The first kappa shape index (κ1) is 18.0. The van der Waals surface area contributed by atoms with Gasteiger partial charge in [0.1, 0.15) is 6.54 Å². The minimum Gasteiger partial charge on any atom is -0.341 e. The van der Waals surface area contributed by atoms with E-state index in [0.29, 0.717) is 25.9 Å². The van der Waals surface area contributed by atoms with Crippen LogP contribution >= 0.6 is 0 Å². The molecule has 136 valence electrons. The topological polar surface area (TPSA) is 72.3 Å². The Kier molecular flexibility index (Phi) is 5.30. The summed E-state index contributed by atoms with van der Waals surface area (Å²) >= 11 is 0. The van der Waals surface area contributed by atoms with Crippen LogP contribution in [0.2, 0.25) is 0 Å². The molecule has 6 heteroatoms. The number of aryl methyl sites for hydroxylation is 2. The molecule has 0 radical (unpaired) electrons. The lowest BCUT2D eigenvalue weighted by Crippen LogP contribution is -2.43. The standard InChI is InChI=1S/C20H23N3O3/c1-14-4-5-17(15(2)12-14)19(25)16-6-10-22(11-7-16)18(24)13-23-9-3-8-21-20(23)26/h3-5,8-9,12,16H,6-7,10-11,13H2,1-2H3. The first-order valence-electron chi connectivity index (χ1n) is 8.86. The monoisotopic (exact) mass is 353 g/mol. The maximum Gasteiger partial charge on any atom is 0.347 e. The molecule has 0 N–H and O–H groups in total. The number of piperidine rings is 1. The Hall–Kier alpha value is -2.76. The highest BCUT2D eigenvalue weighted by molar-refractivity contribution is 5.99. The number of carbonyl (C=O) groups excluding carboxylic acids is 2. The van der Waals surface area contributed by atoms with E-state index in [2.05, 4.69) is 4.98 Å². The summed E-state index contributed by atoms with van der Waals surface area (Å²) in [5.41, 5.74) is 2.50. The molecule has 1 aromatic carbocycles. The SMILES string of the molecule is Cc1ccc(C(=O)C2CCN(C(=O)Cn3cccnc3=O)CC2)c(C)c1. The first-order valence-corrected chi connectivity index (χ1v) is 8.86. The molecule has 1 aromatic heterocycles. The maximum absolute atomic E-state index is 12.8. The molecular formula is C20H23N3O3. The first-order chi connectivity index (χ1) is 12.5. The van der Waals surface area contributed by atoms with E-state index in [9.17, 15) is 14.4 Å². The van der Waals surface area contributed by atoms with Gasteiger partial charge >= 0.3 is 5.69 Å². The minimum absolute atomic E-state index is 0.0116. The number of likely N-dealkylation sites (tertiary alicyclic amines) is 1. The lowest BCUT2D eigenvalue weighted by atomic mass is 9.87. The molecular weight excluding hydrogens is 330 g/mol. The number of rotatable bonds is 4. The maximum atomic E-state index is 12.8. The molecule has 2 aromatic rings. The van der Waals surface area contributed by atoms with Gasteiger partial charge in [-0.05, 0) is 38.3 Å². The number of hydrogen-bond acceptors (Lipinski definition) is 4. The Balaban J connectivity index is 1.60. The van der Waals surface area contributed by atoms with Crippen LogP contribution in [0.15, 0.2) is 41.5 Å². The van der Waals surface area contributed by atoms with Gasteiger partial charge in [-0.3, -0.25) is 14.2 Å². The number of carbonyl (C=O) groups is 2. The van der Waals surface area contributed by atoms with Crippen molar-refractivity contribution in [3.63, 3.8) is 0 Å². The molecule has 1 amide bonds. The van der Waals surface area contributed by atoms with Gasteiger partial charge in [-0.1, -0.05) is 23.8 Å². The van der Waals surface area contributed by atoms with Crippen molar-refractivity contribution in [1.29, 1.82) is 0 Å². The van der Waals surface area contributed by atoms with Crippen LogP contribution in [-0.2, 0) is 11.3 Å².